The van der Waals surface area contributed by atoms with Gasteiger partial charge in [-0.15, -0.1) is 0 Å². The maximum atomic E-state index is 13.2. The van der Waals surface area contributed by atoms with Crippen LogP contribution in [-0.4, -0.2) is 56.6 Å². The van der Waals surface area contributed by atoms with Crippen molar-refractivity contribution in [3.8, 4) is 11.5 Å². The molecule has 0 bridgehead atoms. The maximum Gasteiger partial charge on any atom is 0.251 e. The molecule has 1 aliphatic rings. The molecule has 7 heteroatoms. The molecular weight excluding hydrogens is 430 g/mol. The third-order valence-electron chi connectivity index (χ3n) is 6.39. The molecule has 184 valence electrons. The molecule has 0 aliphatic carbocycles. The van der Waals surface area contributed by atoms with Crippen molar-refractivity contribution in [2.75, 3.05) is 33.9 Å². The number of piperidine rings is 1. The number of ether oxygens (including phenoxy) is 2. The van der Waals surface area contributed by atoms with E-state index < -0.39 is 6.04 Å². The number of nitrogens with zero attached hydrogens (tertiary/aromatic N) is 1. The third kappa shape index (κ3) is 6.73. The Balaban J connectivity index is 1.68. The minimum absolute atomic E-state index is 0.0587. The molecule has 0 saturated carbocycles. The van der Waals surface area contributed by atoms with Crippen LogP contribution in [0.3, 0.4) is 0 Å². The second-order valence-corrected chi connectivity index (χ2v) is 9.05. The van der Waals surface area contributed by atoms with Gasteiger partial charge in [0, 0.05) is 12.1 Å². The topological polar surface area (TPSA) is 79.9 Å². The highest BCUT2D eigenvalue weighted by atomic mass is 16.5. The molecule has 3 rings (SSSR count). The van der Waals surface area contributed by atoms with Crippen LogP contribution in [0.2, 0.25) is 0 Å². The van der Waals surface area contributed by atoms with Crippen LogP contribution in [0.5, 0.6) is 11.5 Å². The van der Waals surface area contributed by atoms with Crippen LogP contribution in [0.15, 0.2) is 48.5 Å². The van der Waals surface area contributed by atoms with Gasteiger partial charge >= 0.3 is 0 Å². The van der Waals surface area contributed by atoms with Gasteiger partial charge in [0.15, 0.2) is 0 Å². The summed E-state index contributed by atoms with van der Waals surface area (Å²) in [7, 11) is 3.24. The van der Waals surface area contributed by atoms with Crippen LogP contribution in [0.25, 0.3) is 0 Å². The first-order valence-corrected chi connectivity index (χ1v) is 12.0. The van der Waals surface area contributed by atoms with E-state index in [0.29, 0.717) is 17.9 Å². The highest BCUT2D eigenvalue weighted by Gasteiger charge is 2.27. The molecule has 0 spiro atoms. The maximum absolute atomic E-state index is 13.2. The highest BCUT2D eigenvalue weighted by molar-refractivity contribution is 5.97. The second kappa shape index (κ2) is 12.4. The fraction of sp³-hybridized carbons (Fsp3) is 0.481. The zero-order chi connectivity index (χ0) is 24.5. The van der Waals surface area contributed by atoms with Crippen molar-refractivity contribution in [1.29, 1.82) is 0 Å². The summed E-state index contributed by atoms with van der Waals surface area (Å²) >= 11 is 0. The summed E-state index contributed by atoms with van der Waals surface area (Å²) in [5.74, 6) is 0.978. The predicted molar refractivity (Wildman–Crippen MR) is 133 cm³/mol. The monoisotopic (exact) mass is 467 g/mol. The van der Waals surface area contributed by atoms with E-state index in [1.165, 1.54) is 6.42 Å². The van der Waals surface area contributed by atoms with Gasteiger partial charge < -0.3 is 20.1 Å². The minimum atomic E-state index is -0.632. The molecular formula is C27H37N3O4. The lowest BCUT2D eigenvalue weighted by Gasteiger charge is -2.35. The molecule has 2 aromatic carbocycles. The lowest BCUT2D eigenvalue weighted by molar-refractivity contribution is -0.124. The highest BCUT2D eigenvalue weighted by Crippen LogP contribution is 2.26. The summed E-state index contributed by atoms with van der Waals surface area (Å²) < 4.78 is 10.5. The van der Waals surface area contributed by atoms with Gasteiger partial charge in [-0.05, 0) is 73.8 Å². The van der Waals surface area contributed by atoms with Gasteiger partial charge in [0.05, 0.1) is 20.3 Å². The summed E-state index contributed by atoms with van der Waals surface area (Å²) in [6, 6.07) is 14.3. The van der Waals surface area contributed by atoms with Gasteiger partial charge in [-0.1, -0.05) is 32.4 Å². The first-order valence-electron chi connectivity index (χ1n) is 12.0. The van der Waals surface area contributed by atoms with E-state index >= 15 is 0 Å². The van der Waals surface area contributed by atoms with Gasteiger partial charge in [-0.25, -0.2) is 0 Å². The molecule has 1 aliphatic heterocycles. The molecule has 2 N–H and O–H groups in total. The van der Waals surface area contributed by atoms with Gasteiger partial charge in [0.1, 0.15) is 17.5 Å². The van der Waals surface area contributed by atoms with Gasteiger partial charge in [-0.3, -0.25) is 14.5 Å². The van der Waals surface area contributed by atoms with E-state index in [1.54, 1.807) is 38.5 Å². The lowest BCUT2D eigenvalue weighted by atomic mass is 10.00. The smallest absolute Gasteiger partial charge is 0.251 e. The SMILES string of the molecule is COc1ccc(C(=O)N[C@H](C(=O)NC[C@@H](c2ccc(OC)cc2)N2CCCCC2)C(C)C)cc1. The van der Waals surface area contributed by atoms with E-state index in [0.717, 1.165) is 37.2 Å². The first-order chi connectivity index (χ1) is 16.4. The number of nitrogens with one attached hydrogen (secondary N) is 2. The summed E-state index contributed by atoms with van der Waals surface area (Å²) in [5, 5.41) is 6.02. The number of carbonyl (C=O) groups excluding carboxylic acids is 2. The Morgan fingerprint density at radius 3 is 1.97 bits per heavy atom. The lowest BCUT2D eigenvalue weighted by Crippen LogP contribution is -2.51. The van der Waals surface area contributed by atoms with E-state index in [-0.39, 0.29) is 23.8 Å². The predicted octanol–water partition coefficient (Wildman–Crippen LogP) is 3.80. The molecule has 1 fully saturated rings. The normalized spacial score (nSPS) is 15.9. The Kier molecular flexibility index (Phi) is 9.33. The average Bonchev–Trinajstić information content (AvgIpc) is 2.88. The summed E-state index contributed by atoms with van der Waals surface area (Å²) in [6.07, 6.45) is 3.56. The summed E-state index contributed by atoms with van der Waals surface area (Å²) in [6.45, 7) is 6.36. The van der Waals surface area contributed by atoms with Crippen LogP contribution in [0.1, 0.15) is 55.1 Å². The number of hydrogen-bond acceptors (Lipinski definition) is 5. The largest absolute Gasteiger partial charge is 0.497 e. The first kappa shape index (κ1) is 25.6. The minimum Gasteiger partial charge on any atom is -0.497 e. The Labute approximate surface area is 202 Å². The van der Waals surface area contributed by atoms with Crippen LogP contribution in [0, 0.1) is 5.92 Å². The standard InChI is InChI=1S/C27H37N3O4/c1-19(2)25(29-26(31)21-10-14-23(34-4)15-11-21)27(32)28-18-24(30-16-6-5-7-17-30)20-8-12-22(33-3)13-9-20/h8-15,19,24-25H,5-7,16-18H2,1-4H3,(H,28,32)(H,29,31)/t24-,25-/m0/s1. The molecule has 1 saturated heterocycles. The van der Waals surface area contributed by atoms with Crippen molar-refractivity contribution < 1.29 is 19.1 Å². The Morgan fingerprint density at radius 2 is 1.44 bits per heavy atom. The van der Waals surface area contributed by atoms with Gasteiger partial charge in [-0.2, -0.15) is 0 Å². The summed E-state index contributed by atoms with van der Waals surface area (Å²) in [5.41, 5.74) is 1.63. The van der Waals surface area contributed by atoms with Crippen molar-refractivity contribution in [3.63, 3.8) is 0 Å². The molecule has 0 radical (unpaired) electrons. The zero-order valence-electron chi connectivity index (χ0n) is 20.7. The van der Waals surface area contributed by atoms with Gasteiger partial charge in [0.2, 0.25) is 5.91 Å². The van der Waals surface area contributed by atoms with Crippen LogP contribution >= 0.6 is 0 Å². The van der Waals surface area contributed by atoms with Crippen molar-refractivity contribution in [2.24, 2.45) is 5.92 Å². The van der Waals surface area contributed by atoms with E-state index in [4.69, 9.17) is 9.47 Å². The van der Waals surface area contributed by atoms with E-state index in [2.05, 4.69) is 27.7 Å². The fourth-order valence-corrected chi connectivity index (χ4v) is 4.32. The zero-order valence-corrected chi connectivity index (χ0v) is 20.7. The Hall–Kier alpha value is -3.06. The number of hydrogen-bond donors (Lipinski definition) is 2. The third-order valence-corrected chi connectivity index (χ3v) is 6.39. The number of benzene rings is 2. The number of rotatable bonds is 10. The second-order valence-electron chi connectivity index (χ2n) is 9.05. The fourth-order valence-electron chi connectivity index (χ4n) is 4.32. The number of likely N-dealkylation sites (tertiary alicyclic amines) is 1. The summed E-state index contributed by atoms with van der Waals surface area (Å²) in [4.78, 5) is 28.4. The molecule has 2 amide bonds. The van der Waals surface area contributed by atoms with Crippen LogP contribution in [0.4, 0.5) is 0 Å². The van der Waals surface area contributed by atoms with E-state index in [9.17, 15) is 9.59 Å². The molecule has 7 nitrogen and oxygen atoms in total. The van der Waals surface area contributed by atoms with Crippen molar-refractivity contribution >= 4 is 11.8 Å². The quantitative estimate of drug-likeness (QED) is 0.556. The molecule has 0 unspecified atom stereocenters. The van der Waals surface area contributed by atoms with Crippen molar-refractivity contribution in [3.05, 3.63) is 59.7 Å². The Morgan fingerprint density at radius 1 is 0.882 bits per heavy atom. The van der Waals surface area contributed by atoms with E-state index in [1.807, 2.05) is 26.0 Å². The Bertz CT molecular complexity index is 922. The molecule has 2 aromatic rings. The van der Waals surface area contributed by atoms with Crippen LogP contribution < -0.4 is 20.1 Å². The van der Waals surface area contributed by atoms with Crippen molar-refractivity contribution in [1.82, 2.24) is 15.5 Å². The van der Waals surface area contributed by atoms with Crippen LogP contribution in [-0.2, 0) is 4.79 Å². The molecule has 1 heterocycles. The average molecular weight is 468 g/mol. The molecule has 0 aromatic heterocycles. The molecule has 2 atom stereocenters. The van der Waals surface area contributed by atoms with Gasteiger partial charge in [0.25, 0.3) is 5.91 Å². The van der Waals surface area contributed by atoms with Crippen molar-refractivity contribution in [2.45, 2.75) is 45.2 Å². The number of carbonyl (C=O) groups is 2. The molecule has 34 heavy (non-hydrogen) atoms. The number of methoxy groups -OCH3 is 2. The number of amides is 2.